The Labute approximate surface area is 423 Å². The number of phenolic OH excluding ortho intramolecular Hbond substituents is 2. The summed E-state index contributed by atoms with van der Waals surface area (Å²) in [6.45, 7) is 20.2. The Morgan fingerprint density at radius 2 is 0.877 bits per heavy atom. The molecule has 2 heterocycles. The van der Waals surface area contributed by atoms with Crippen LogP contribution in [-0.2, 0) is 14.2 Å². The van der Waals surface area contributed by atoms with Crippen LogP contribution in [0.5, 0.6) is 11.5 Å². The fourth-order valence-electron chi connectivity index (χ4n) is 8.21. The normalized spacial score (nSPS) is 12.5. The maximum Gasteiger partial charge on any atom is 0.232 e. The molecule has 0 amide bonds. The number of benzene rings is 6. The SMILES string of the molecule is Cc1cc(Nc2nc(C)nc(NCCOC(C)OC(C)OCCNc3nc(C)nc(Nc4cc(C)cc5cc(C)c(N=Nc6ccccc6C)c(O)c45)n3)n2)c2c(O)c(N=Nc3ccccc3C)c(C)cc2c1. The number of aryl methyl sites for hydroxylation is 8. The summed E-state index contributed by atoms with van der Waals surface area (Å²) in [5, 5.41) is 56.8. The second-order valence-corrected chi connectivity index (χ2v) is 17.8. The monoisotopic (exact) mass is 984 g/mol. The molecule has 19 nitrogen and oxygen atoms in total. The molecule has 19 heteroatoms. The van der Waals surface area contributed by atoms with Crippen molar-refractivity contribution in [2.24, 2.45) is 20.5 Å². The van der Waals surface area contributed by atoms with Gasteiger partial charge in [0, 0.05) is 23.9 Å². The van der Waals surface area contributed by atoms with Gasteiger partial charge in [0.2, 0.25) is 23.8 Å². The van der Waals surface area contributed by atoms with E-state index in [1.807, 2.05) is 126 Å². The fourth-order valence-corrected chi connectivity index (χ4v) is 8.21. The van der Waals surface area contributed by atoms with Crippen LogP contribution in [0, 0.1) is 55.4 Å². The molecule has 8 rings (SSSR count). The van der Waals surface area contributed by atoms with Crippen LogP contribution in [0.4, 0.5) is 57.9 Å². The van der Waals surface area contributed by atoms with Crippen LogP contribution in [0.2, 0.25) is 0 Å². The largest absolute Gasteiger partial charge is 0.505 e. The number of hydrogen-bond acceptors (Lipinski definition) is 19. The Morgan fingerprint density at radius 3 is 1.29 bits per heavy atom. The van der Waals surface area contributed by atoms with Gasteiger partial charge in [0.05, 0.1) is 36.0 Å². The fraction of sp³-hybridized carbons (Fsp3) is 0.296. The lowest BCUT2D eigenvalue weighted by molar-refractivity contribution is -0.229. The minimum absolute atomic E-state index is 0.00197. The van der Waals surface area contributed by atoms with E-state index in [0.717, 1.165) is 55.5 Å². The van der Waals surface area contributed by atoms with E-state index < -0.39 is 12.6 Å². The van der Waals surface area contributed by atoms with Gasteiger partial charge in [0.1, 0.15) is 23.0 Å². The molecule has 6 N–H and O–H groups in total. The van der Waals surface area contributed by atoms with Gasteiger partial charge in [-0.05, 0) is 150 Å². The molecular formula is C54H60N14O5. The zero-order valence-corrected chi connectivity index (χ0v) is 42.7. The average molecular weight is 985 g/mol. The second-order valence-electron chi connectivity index (χ2n) is 17.8. The summed E-state index contributed by atoms with van der Waals surface area (Å²) >= 11 is 0. The Hall–Kier alpha value is -8.26. The van der Waals surface area contributed by atoms with Crippen LogP contribution in [0.25, 0.3) is 21.5 Å². The van der Waals surface area contributed by atoms with Gasteiger partial charge in [0.25, 0.3) is 0 Å². The number of fused-ring (bicyclic) bond motifs is 2. The summed E-state index contributed by atoms with van der Waals surface area (Å²) in [6, 6.07) is 27.2. The van der Waals surface area contributed by atoms with Crippen molar-refractivity contribution in [1.82, 2.24) is 29.9 Å². The van der Waals surface area contributed by atoms with Gasteiger partial charge < -0.3 is 45.7 Å². The van der Waals surface area contributed by atoms with Gasteiger partial charge in [-0.15, -0.1) is 10.2 Å². The average Bonchev–Trinajstić information content (AvgIpc) is 3.32. The van der Waals surface area contributed by atoms with Crippen molar-refractivity contribution >= 4 is 79.5 Å². The number of nitrogens with zero attached hydrogens (tertiary/aromatic N) is 10. The van der Waals surface area contributed by atoms with Crippen molar-refractivity contribution < 1.29 is 24.4 Å². The Balaban J connectivity index is 0.817. The zero-order valence-electron chi connectivity index (χ0n) is 42.7. The Kier molecular flexibility index (Phi) is 16.0. The van der Waals surface area contributed by atoms with Crippen LogP contribution in [0.15, 0.2) is 105 Å². The number of aromatic hydroxyl groups is 2. The van der Waals surface area contributed by atoms with Crippen LogP contribution < -0.4 is 21.3 Å². The number of rotatable bonds is 20. The lowest BCUT2D eigenvalue weighted by Crippen LogP contribution is -2.26. The van der Waals surface area contributed by atoms with Crippen LogP contribution in [-0.4, -0.2) is 79.0 Å². The number of phenols is 2. The molecule has 0 spiro atoms. The molecule has 0 aliphatic carbocycles. The number of ether oxygens (including phenoxy) is 3. The summed E-state index contributed by atoms with van der Waals surface area (Å²) in [5.74, 6) is 2.28. The Bertz CT molecular complexity index is 3150. The molecule has 376 valence electrons. The smallest absolute Gasteiger partial charge is 0.232 e. The van der Waals surface area contributed by atoms with E-state index >= 15 is 0 Å². The highest BCUT2D eigenvalue weighted by atomic mass is 16.8. The molecule has 73 heavy (non-hydrogen) atoms. The van der Waals surface area contributed by atoms with Crippen LogP contribution in [0.1, 0.15) is 58.9 Å². The Morgan fingerprint density at radius 1 is 0.479 bits per heavy atom. The molecule has 0 aliphatic heterocycles. The van der Waals surface area contributed by atoms with E-state index in [2.05, 4.69) is 71.6 Å². The van der Waals surface area contributed by atoms with E-state index in [9.17, 15) is 10.2 Å². The molecule has 0 bridgehead atoms. The first-order valence-corrected chi connectivity index (χ1v) is 23.9. The molecule has 0 fully saturated rings. The van der Waals surface area contributed by atoms with Gasteiger partial charge in [-0.2, -0.15) is 40.1 Å². The van der Waals surface area contributed by atoms with Crippen molar-refractivity contribution in [3.8, 4) is 11.5 Å². The first-order valence-electron chi connectivity index (χ1n) is 23.9. The zero-order chi connectivity index (χ0) is 51.8. The molecule has 0 saturated carbocycles. The predicted octanol–water partition coefficient (Wildman–Crippen LogP) is 12.8. The molecule has 0 radical (unpaired) electrons. The van der Waals surface area contributed by atoms with Crippen molar-refractivity contribution in [2.75, 3.05) is 47.6 Å². The molecule has 0 saturated heterocycles. The number of nitrogens with one attached hydrogen (secondary N) is 4. The third-order valence-electron chi connectivity index (χ3n) is 11.6. The highest BCUT2D eigenvalue weighted by Gasteiger charge is 2.19. The number of anilines is 6. The van der Waals surface area contributed by atoms with Crippen LogP contribution >= 0.6 is 0 Å². The topological polar surface area (TPSA) is 243 Å². The van der Waals surface area contributed by atoms with Gasteiger partial charge in [-0.25, -0.2) is 0 Å². The maximum atomic E-state index is 11.6. The number of aromatic nitrogens is 6. The van der Waals surface area contributed by atoms with Crippen molar-refractivity contribution in [1.29, 1.82) is 0 Å². The van der Waals surface area contributed by atoms with Crippen molar-refractivity contribution in [3.05, 3.63) is 130 Å². The predicted molar refractivity (Wildman–Crippen MR) is 285 cm³/mol. The molecule has 6 aromatic carbocycles. The van der Waals surface area contributed by atoms with E-state index in [1.165, 1.54) is 0 Å². The highest BCUT2D eigenvalue weighted by molar-refractivity contribution is 6.04. The van der Waals surface area contributed by atoms with Gasteiger partial charge in [0.15, 0.2) is 24.1 Å². The minimum Gasteiger partial charge on any atom is -0.505 e. The van der Waals surface area contributed by atoms with E-state index in [4.69, 9.17) is 14.2 Å². The first kappa shape index (κ1) is 51.1. The quantitative estimate of drug-likeness (QED) is 0.0236. The second kappa shape index (κ2) is 22.9. The summed E-state index contributed by atoms with van der Waals surface area (Å²) in [4.78, 5) is 27.2. The molecule has 2 unspecified atom stereocenters. The summed E-state index contributed by atoms with van der Waals surface area (Å²) in [5.41, 5.74) is 8.92. The number of hydrogen-bond donors (Lipinski definition) is 6. The van der Waals surface area contributed by atoms with Crippen LogP contribution in [0.3, 0.4) is 0 Å². The van der Waals surface area contributed by atoms with Gasteiger partial charge >= 0.3 is 0 Å². The lowest BCUT2D eigenvalue weighted by Gasteiger charge is -2.20. The highest BCUT2D eigenvalue weighted by Crippen LogP contribution is 2.45. The maximum absolute atomic E-state index is 11.6. The summed E-state index contributed by atoms with van der Waals surface area (Å²) < 4.78 is 17.7. The summed E-state index contributed by atoms with van der Waals surface area (Å²) in [7, 11) is 0. The van der Waals surface area contributed by atoms with E-state index in [1.54, 1.807) is 27.7 Å². The molecule has 2 atom stereocenters. The standard InChI is InChI=1S/C54H60N14O5/c1-29-23-39-27-33(5)47(67-65-41-17-13-11-15-31(41)3)49(69)45(39)43(25-29)61-53-59-35(7)57-51(63-53)55-19-21-71-37(9)73-38(10)72-22-20-56-52-58-36(8)60-54(64-52)62-44-26-30(2)24-40-28-34(6)48(50(70)46(40)44)68-66-42-18-14-12-16-32(42)4/h11-18,23-28,37-38,69-70H,19-22H2,1-10H3,(H2,55,57,59,61,63)(H2,56,58,60,62,64). The van der Waals surface area contributed by atoms with Gasteiger partial charge in [-0.1, -0.05) is 48.5 Å². The van der Waals surface area contributed by atoms with E-state index in [0.29, 0.717) is 82.1 Å². The number of azo groups is 2. The lowest BCUT2D eigenvalue weighted by atomic mass is 10.0. The van der Waals surface area contributed by atoms with Gasteiger partial charge in [-0.3, -0.25) is 0 Å². The summed E-state index contributed by atoms with van der Waals surface area (Å²) in [6.07, 6.45) is -1.16. The van der Waals surface area contributed by atoms with E-state index in [-0.39, 0.29) is 24.7 Å². The third kappa shape index (κ3) is 12.8. The molecular weight excluding hydrogens is 925 g/mol. The minimum atomic E-state index is -0.581. The third-order valence-corrected chi connectivity index (χ3v) is 11.6. The molecule has 2 aromatic heterocycles. The van der Waals surface area contributed by atoms with Crippen molar-refractivity contribution in [2.45, 2.75) is 81.8 Å². The molecule has 8 aromatic rings. The molecule has 0 aliphatic rings. The first-order chi connectivity index (χ1) is 35.1. The van der Waals surface area contributed by atoms with Crippen molar-refractivity contribution in [3.63, 3.8) is 0 Å².